The van der Waals surface area contributed by atoms with Crippen molar-refractivity contribution in [3.8, 4) is 0 Å². The van der Waals surface area contributed by atoms with Gasteiger partial charge in [0.2, 0.25) is 23.6 Å². The molecule has 11 rings (SSSR count). The number of nitrogens with one attached hydrogen (secondary N) is 4. The molecule has 63 nitrogen and oxygen atoms in total. The average Bonchev–Trinajstić information content (AvgIpc) is 0.759. The molecule has 0 saturated carbocycles. The van der Waals surface area contributed by atoms with Gasteiger partial charge >= 0.3 is 0 Å². The highest BCUT2D eigenvalue weighted by molar-refractivity contribution is 5.74. The van der Waals surface area contributed by atoms with E-state index in [0.717, 1.165) is 27.7 Å². The summed E-state index contributed by atoms with van der Waals surface area (Å²) in [7, 11) is 0. The molecule has 59 atom stereocenters. The first kappa shape index (κ1) is 119. The topological polar surface area (TPSA) is 987 Å². The van der Waals surface area contributed by atoms with Crippen LogP contribution in [0.15, 0.2) is 0 Å². The van der Waals surface area contributed by atoms with Gasteiger partial charge in [0.15, 0.2) is 69.2 Å². The van der Waals surface area contributed by atoms with E-state index >= 15 is 0 Å². The number of ether oxygens (including phenoxy) is 22. The number of amides is 4. The number of carbonyl (C=O) groups is 4. The quantitative estimate of drug-likeness (QED) is 0.0271. The Labute approximate surface area is 810 Å². The molecule has 11 aliphatic rings. The Bertz CT molecular complexity index is 3900. The highest BCUT2D eigenvalue weighted by Crippen LogP contribution is 2.43. The van der Waals surface area contributed by atoms with E-state index in [2.05, 4.69) is 21.3 Å². The molecule has 830 valence electrons. The van der Waals surface area contributed by atoms with E-state index in [1.807, 2.05) is 0 Å². The molecule has 0 aromatic heterocycles. The summed E-state index contributed by atoms with van der Waals surface area (Å²) < 4.78 is 133. The molecule has 0 aliphatic carbocycles. The van der Waals surface area contributed by atoms with Crippen LogP contribution in [-0.4, -0.2) is 627 Å². The van der Waals surface area contributed by atoms with Crippen LogP contribution >= 0.6 is 0 Å². The minimum absolute atomic E-state index is 0.861. The van der Waals surface area contributed by atoms with E-state index in [0.29, 0.717) is 0 Å². The third-order valence-electron chi connectivity index (χ3n) is 26.2. The third-order valence-corrected chi connectivity index (χ3v) is 26.2. The Morgan fingerprint density at radius 1 is 0.238 bits per heavy atom. The first-order valence-corrected chi connectivity index (χ1v) is 45.8. The number of rotatable bonds is 40. The minimum atomic E-state index is -2.64. The van der Waals surface area contributed by atoms with Crippen LogP contribution in [0.1, 0.15) is 41.5 Å². The maximum absolute atomic E-state index is 13.6. The Morgan fingerprint density at radius 2 is 0.490 bits per heavy atom. The van der Waals surface area contributed by atoms with Gasteiger partial charge in [0, 0.05) is 27.7 Å². The standard InChI is InChI=1S/C80H136N4O59/c1-18-39(100)49(110)54(115)74(124-18)137-64-32(15-93)132-73(38(84-23(6)97)67(64)141-78-58(119)53(114)44(105)28(11-89)129-78)143-68-46(107)33(133-79(59(68)120)135-61(25(99)8-86)41(102)24(98)7-85)16-122-70-35(81-20(3)94)48(109)62(30(13-91)130-70)136-80-60(121)69(142-72-36(82-21(4)95)65(45(106)29(12-90)126-72)139-77-57(118)52(113)43(104)27(10-88)128-77)47(108)34(134-80)17-123-71-37(83-22(5)96)66(140-75-55(116)50(111)40(101)19(2)125-75)63(31(14-92)131-71)138-76-56(117)51(112)42(103)26(9-87)127-76/h18-19,24-80,85-93,98-121H,7-17H2,1-6H3,(H,81,94)(H,82,95)(H,83,96)(H,84,97)/t18-,19-,24-,25+,26+,27+,28+,29+,30+,31+,32+,33+,34+,35+,36+,37+,38+,39+,40+,41+,42-,43-,44-,45+,46-,47-,48+,49+,50+,51-,52-,53-,54-,55-,56+,57+,58+,59+,60+,61+,62+,63+,64+,65+,66+,67+,68-,69-,70+,71+,72-,73-,74-,75-,76-,77-,78-,79-,80-/m0/s1. The van der Waals surface area contributed by atoms with Gasteiger partial charge in [-0.15, -0.1) is 0 Å². The smallest absolute Gasteiger partial charge is 0.217 e. The van der Waals surface area contributed by atoms with Crippen molar-refractivity contribution in [1.29, 1.82) is 0 Å². The Hall–Kier alpha value is -4.32. The molecule has 4 amide bonds. The number of aliphatic hydroxyl groups excluding tert-OH is 33. The number of carbonyl (C=O) groups excluding carboxylic acids is 4. The molecule has 0 radical (unpaired) electrons. The van der Waals surface area contributed by atoms with Gasteiger partial charge in [0.1, 0.15) is 281 Å². The van der Waals surface area contributed by atoms with Crippen molar-refractivity contribution >= 4 is 23.6 Å². The molecule has 0 aromatic carbocycles. The molecule has 0 spiro atoms. The van der Waals surface area contributed by atoms with Gasteiger partial charge < -0.3 is 294 Å². The summed E-state index contributed by atoms with van der Waals surface area (Å²) in [6, 6.07) is -8.27. The summed E-state index contributed by atoms with van der Waals surface area (Å²) in [4.78, 5) is 54.0. The van der Waals surface area contributed by atoms with Crippen LogP contribution in [-0.2, 0) is 123 Å². The van der Waals surface area contributed by atoms with Crippen LogP contribution in [0.5, 0.6) is 0 Å². The van der Waals surface area contributed by atoms with E-state index in [9.17, 15) is 188 Å². The molecule has 0 bridgehead atoms. The zero-order valence-corrected chi connectivity index (χ0v) is 77.2. The van der Waals surface area contributed by atoms with E-state index in [4.69, 9.17) is 104 Å². The van der Waals surface area contributed by atoms with Crippen molar-refractivity contribution in [2.75, 3.05) is 72.7 Å². The normalized spacial score (nSPS) is 48.3. The van der Waals surface area contributed by atoms with Crippen LogP contribution in [0.2, 0.25) is 0 Å². The van der Waals surface area contributed by atoms with Crippen LogP contribution < -0.4 is 21.3 Å². The van der Waals surface area contributed by atoms with E-state index < -0.39 is 458 Å². The van der Waals surface area contributed by atoms with Crippen molar-refractivity contribution in [1.82, 2.24) is 21.3 Å². The molecule has 37 N–H and O–H groups in total. The molecule has 0 aromatic rings. The monoisotopic (exact) mass is 2100 g/mol. The van der Waals surface area contributed by atoms with Crippen LogP contribution in [0.3, 0.4) is 0 Å². The van der Waals surface area contributed by atoms with Gasteiger partial charge in [-0.1, -0.05) is 0 Å². The van der Waals surface area contributed by atoms with Crippen LogP contribution in [0.4, 0.5) is 0 Å². The molecule has 11 fully saturated rings. The molecule has 63 heteroatoms. The Balaban J connectivity index is 0.943. The summed E-state index contributed by atoms with van der Waals surface area (Å²) in [6.07, 6.45) is -119. The summed E-state index contributed by atoms with van der Waals surface area (Å²) in [5.41, 5.74) is 0. The van der Waals surface area contributed by atoms with E-state index in [1.165, 1.54) is 13.8 Å². The Morgan fingerprint density at radius 3 is 0.860 bits per heavy atom. The number of hydrogen-bond acceptors (Lipinski definition) is 59. The average molecular weight is 2100 g/mol. The second-order valence-electron chi connectivity index (χ2n) is 36.4. The van der Waals surface area contributed by atoms with Gasteiger partial charge in [-0.25, -0.2) is 0 Å². The van der Waals surface area contributed by atoms with Gasteiger partial charge in [-0.05, 0) is 13.8 Å². The maximum Gasteiger partial charge on any atom is 0.217 e. The zero-order chi connectivity index (χ0) is 106. The van der Waals surface area contributed by atoms with E-state index in [1.54, 1.807) is 0 Å². The number of aliphatic hydroxyl groups is 33. The molecular formula is C80H136N4O59. The van der Waals surface area contributed by atoms with Crippen molar-refractivity contribution in [3.63, 3.8) is 0 Å². The first-order valence-electron chi connectivity index (χ1n) is 45.8. The summed E-state index contributed by atoms with van der Waals surface area (Å²) in [5.74, 6) is -4.18. The lowest BCUT2D eigenvalue weighted by Gasteiger charge is -2.52. The van der Waals surface area contributed by atoms with Gasteiger partial charge in [0.05, 0.1) is 84.9 Å². The largest absolute Gasteiger partial charge is 0.394 e. The second kappa shape index (κ2) is 52.3. The molecule has 11 aliphatic heterocycles. The minimum Gasteiger partial charge on any atom is -0.394 e. The van der Waals surface area contributed by atoms with Crippen molar-refractivity contribution in [3.05, 3.63) is 0 Å². The fraction of sp³-hybridized carbons (Fsp3) is 0.950. The Kier molecular flexibility index (Phi) is 43.5. The van der Waals surface area contributed by atoms with Crippen molar-refractivity contribution in [2.45, 2.75) is 403 Å². The zero-order valence-electron chi connectivity index (χ0n) is 77.2. The fourth-order valence-electron chi connectivity index (χ4n) is 18.3. The molecular weight excluding hydrogens is 1960 g/mol. The summed E-state index contributed by atoms with van der Waals surface area (Å²) >= 11 is 0. The third kappa shape index (κ3) is 26.8. The predicted octanol–water partition coefficient (Wildman–Crippen LogP) is -24.9. The first-order chi connectivity index (χ1) is 67.6. The lowest BCUT2D eigenvalue weighted by Crippen LogP contribution is -2.71. The molecule has 11 heterocycles. The van der Waals surface area contributed by atoms with Gasteiger partial charge in [0.25, 0.3) is 0 Å². The van der Waals surface area contributed by atoms with Crippen molar-refractivity contribution < 1.29 is 292 Å². The predicted molar refractivity (Wildman–Crippen MR) is 441 cm³/mol. The highest BCUT2D eigenvalue weighted by atomic mass is 16.8. The number of hydrogen-bond donors (Lipinski definition) is 37. The summed E-state index contributed by atoms with van der Waals surface area (Å²) in [5, 5.41) is 378. The maximum atomic E-state index is 13.6. The van der Waals surface area contributed by atoms with Crippen LogP contribution in [0, 0.1) is 0 Å². The van der Waals surface area contributed by atoms with Gasteiger partial charge in [-0.2, -0.15) is 0 Å². The molecule has 0 unspecified atom stereocenters. The SMILES string of the molecule is CC(=O)N[C@H]1[C@H](OC[C@H]2O[C@@H](O[C@@H]([C@H](O)[C@@H](O)CO)[C@H](O)CO)[C@H](O)[C@@H](O[C@@H]3O[C@H](CO)[C@@H](O[C@@H]4O[C@@H](C)[C@@H](O)[C@@H](O)[C@@H]4O)[C@H](O[C@@H]4O[C@H](CO)[C@H](O)[C@H](O)[C@H]4O)[C@H]3NC(C)=O)[C@H]2O)O[C@H](CO)[C@@H](O[C@@H]2O[C@H](CO[C@@H]3O[C@H](CO)[C@@H](O[C@@H]4O[C@H](CO)[C@H](O)[C@H](O)[C@H]4O)[C@H](O[C@@H]4O[C@@H](C)[C@@H](O)[C@@H](O)[C@@H]4O)[C@H]3NC(C)=O)[C@H](O)[C@H](O[C@@H]3O[C@H](CO)[C@@H](O)[C@H](O[C@@H]4O[C@H](CO)[C@H](O)[C@H](O)[C@H]4O)[C@H]3NC(C)=O)[C@H]2O)[C@@H]1O. The molecule has 143 heavy (non-hydrogen) atoms. The molecule has 11 saturated heterocycles. The van der Waals surface area contributed by atoms with Crippen LogP contribution in [0.25, 0.3) is 0 Å². The highest BCUT2D eigenvalue weighted by Gasteiger charge is 2.64. The lowest BCUT2D eigenvalue weighted by atomic mass is 9.93. The van der Waals surface area contributed by atoms with E-state index in [-0.39, 0.29) is 0 Å². The second-order valence-corrected chi connectivity index (χ2v) is 36.4. The summed E-state index contributed by atoms with van der Waals surface area (Å²) in [6.45, 7) is -7.34. The van der Waals surface area contributed by atoms with Crippen molar-refractivity contribution in [2.24, 2.45) is 0 Å². The van der Waals surface area contributed by atoms with Gasteiger partial charge in [-0.3, -0.25) is 19.2 Å². The lowest BCUT2D eigenvalue weighted by molar-refractivity contribution is -0.391. The fourth-order valence-corrected chi connectivity index (χ4v) is 18.3.